The number of carbonyl (C=O) groups excluding carboxylic acids is 2. The number of piperidine rings is 1. The van der Waals surface area contributed by atoms with E-state index in [1.54, 1.807) is 42.4 Å². The van der Waals surface area contributed by atoms with Crippen LogP contribution in [-0.2, 0) is 4.79 Å². The second kappa shape index (κ2) is 7.98. The number of nitrogens with two attached hydrogens (primary N) is 1. The molecule has 1 aromatic carbocycles. The van der Waals surface area contributed by atoms with Crippen LogP contribution in [0.3, 0.4) is 0 Å². The molecule has 8 nitrogen and oxygen atoms in total. The Morgan fingerprint density at radius 2 is 2.17 bits per heavy atom. The van der Waals surface area contributed by atoms with Crippen molar-refractivity contribution in [2.24, 2.45) is 5.73 Å². The average Bonchev–Trinajstić information content (AvgIpc) is 2.73. The number of aromatic nitrogens is 1. The lowest BCUT2D eigenvalue weighted by Crippen LogP contribution is -2.43. The molecule has 2 N–H and O–H groups in total. The highest BCUT2D eigenvalue weighted by Crippen LogP contribution is 2.39. The molecule has 2 aliphatic rings. The fraction of sp³-hybridized carbons (Fsp3) is 0.381. The maximum absolute atomic E-state index is 11.6. The molecule has 152 valence electrons. The third-order valence-electron chi connectivity index (χ3n) is 5.12. The van der Waals surface area contributed by atoms with E-state index in [0.29, 0.717) is 29.4 Å². The van der Waals surface area contributed by atoms with Gasteiger partial charge in [-0.15, -0.1) is 0 Å². The maximum Gasteiger partial charge on any atom is 0.252 e. The summed E-state index contributed by atoms with van der Waals surface area (Å²) in [5, 5.41) is 0. The lowest BCUT2D eigenvalue weighted by atomic mass is 10.1. The minimum atomic E-state index is -0.562. The number of pyridine rings is 1. The molecule has 4 rings (SSSR count). The fourth-order valence-corrected chi connectivity index (χ4v) is 3.65. The third kappa shape index (κ3) is 4.11. The van der Waals surface area contributed by atoms with Crippen molar-refractivity contribution >= 4 is 11.8 Å². The molecular formula is C21H23N3O5. The summed E-state index contributed by atoms with van der Waals surface area (Å²) in [6.45, 7) is 3.15. The van der Waals surface area contributed by atoms with E-state index in [2.05, 4.69) is 4.98 Å². The van der Waals surface area contributed by atoms with Crippen molar-refractivity contribution in [1.82, 2.24) is 9.88 Å². The Balaban J connectivity index is 1.47. The van der Waals surface area contributed by atoms with Crippen LogP contribution >= 0.6 is 0 Å². The first kappa shape index (κ1) is 19.0. The van der Waals surface area contributed by atoms with Crippen molar-refractivity contribution in [3.8, 4) is 17.2 Å². The minimum absolute atomic E-state index is 0.0620. The van der Waals surface area contributed by atoms with Crippen molar-refractivity contribution in [3.63, 3.8) is 0 Å². The van der Waals surface area contributed by atoms with Crippen molar-refractivity contribution in [3.05, 3.63) is 47.8 Å². The summed E-state index contributed by atoms with van der Waals surface area (Å²) in [4.78, 5) is 29.3. The van der Waals surface area contributed by atoms with E-state index in [0.717, 1.165) is 24.9 Å². The van der Waals surface area contributed by atoms with Gasteiger partial charge in [0.1, 0.15) is 18.5 Å². The summed E-state index contributed by atoms with van der Waals surface area (Å²) in [6.07, 6.45) is 4.70. The van der Waals surface area contributed by atoms with Crippen LogP contribution in [0.1, 0.15) is 41.8 Å². The molecular weight excluding hydrogens is 374 g/mol. The normalized spacial score (nSPS) is 20.8. The zero-order valence-electron chi connectivity index (χ0n) is 16.2. The second-order valence-corrected chi connectivity index (χ2v) is 7.22. The lowest BCUT2D eigenvalue weighted by molar-refractivity contribution is -0.131. The van der Waals surface area contributed by atoms with Gasteiger partial charge in [0.2, 0.25) is 5.91 Å². The lowest BCUT2D eigenvalue weighted by Gasteiger charge is -2.32. The van der Waals surface area contributed by atoms with E-state index in [4.69, 9.17) is 19.9 Å². The van der Waals surface area contributed by atoms with E-state index < -0.39 is 5.91 Å². The maximum atomic E-state index is 11.6. The van der Waals surface area contributed by atoms with Gasteiger partial charge in [-0.2, -0.15) is 0 Å². The summed E-state index contributed by atoms with van der Waals surface area (Å²) in [6, 6.07) is 6.92. The van der Waals surface area contributed by atoms with Crippen LogP contribution in [0.15, 0.2) is 36.7 Å². The zero-order valence-corrected chi connectivity index (χ0v) is 16.2. The third-order valence-corrected chi connectivity index (χ3v) is 5.12. The first-order chi connectivity index (χ1) is 14.0. The van der Waals surface area contributed by atoms with Gasteiger partial charge in [-0.3, -0.25) is 14.6 Å². The van der Waals surface area contributed by atoms with Crippen molar-refractivity contribution in [2.45, 2.75) is 32.0 Å². The van der Waals surface area contributed by atoms with E-state index in [9.17, 15) is 9.59 Å². The minimum Gasteiger partial charge on any atom is -0.487 e. The monoisotopic (exact) mass is 397 g/mol. The first-order valence-corrected chi connectivity index (χ1v) is 9.60. The number of ether oxygens (including phenoxy) is 3. The van der Waals surface area contributed by atoms with E-state index in [1.165, 1.54) is 0 Å². The highest BCUT2D eigenvalue weighted by molar-refractivity contribution is 5.96. The van der Waals surface area contributed by atoms with Crippen LogP contribution < -0.4 is 19.9 Å². The van der Waals surface area contributed by atoms with E-state index >= 15 is 0 Å². The van der Waals surface area contributed by atoms with Gasteiger partial charge in [0.15, 0.2) is 17.6 Å². The number of primary amides is 1. The van der Waals surface area contributed by atoms with Crippen LogP contribution in [0, 0.1) is 0 Å². The number of hydrogen-bond donors (Lipinski definition) is 1. The van der Waals surface area contributed by atoms with Crippen molar-refractivity contribution in [1.29, 1.82) is 0 Å². The van der Waals surface area contributed by atoms with Gasteiger partial charge in [0.25, 0.3) is 5.91 Å². The molecule has 0 aliphatic carbocycles. The highest BCUT2D eigenvalue weighted by atomic mass is 16.6. The Bertz CT molecular complexity index is 932. The van der Waals surface area contributed by atoms with E-state index in [-0.39, 0.29) is 24.7 Å². The number of rotatable bonds is 4. The number of likely N-dealkylation sites (tertiary alicyclic amines) is 1. The number of benzene rings is 1. The molecule has 0 spiro atoms. The number of carbonyl (C=O) groups is 2. The number of hydrogen-bond acceptors (Lipinski definition) is 6. The molecule has 2 aromatic rings. The Morgan fingerprint density at radius 1 is 1.31 bits per heavy atom. The Hall–Kier alpha value is -3.29. The van der Waals surface area contributed by atoms with Crippen LogP contribution in [0.4, 0.5) is 0 Å². The molecule has 29 heavy (non-hydrogen) atoms. The molecule has 3 heterocycles. The summed E-state index contributed by atoms with van der Waals surface area (Å²) in [5.74, 6) is 0.953. The van der Waals surface area contributed by atoms with Gasteiger partial charge in [-0.25, -0.2) is 0 Å². The van der Waals surface area contributed by atoms with Crippen LogP contribution in [0.2, 0.25) is 0 Å². The van der Waals surface area contributed by atoms with E-state index in [1.807, 2.05) is 6.07 Å². The summed E-state index contributed by atoms with van der Waals surface area (Å²) in [5.41, 5.74) is 6.49. The molecule has 0 saturated carbocycles. The molecule has 2 unspecified atom stereocenters. The van der Waals surface area contributed by atoms with Crippen molar-refractivity contribution < 1.29 is 23.8 Å². The molecule has 0 bridgehead atoms. The zero-order chi connectivity index (χ0) is 20.4. The Morgan fingerprint density at radius 3 is 2.97 bits per heavy atom. The molecule has 8 heteroatoms. The summed E-state index contributed by atoms with van der Waals surface area (Å²) >= 11 is 0. The van der Waals surface area contributed by atoms with Gasteiger partial charge >= 0.3 is 0 Å². The quantitative estimate of drug-likeness (QED) is 0.847. The fourth-order valence-electron chi connectivity index (χ4n) is 3.65. The van der Waals surface area contributed by atoms with Crippen LogP contribution in [-0.4, -0.2) is 47.5 Å². The number of para-hydroxylation sites is 1. The molecule has 2 atom stereocenters. The Kier molecular flexibility index (Phi) is 5.24. The standard InChI is InChI=1S/C21H23N3O5/c1-13(25)24-7-3-4-15(11-24)28-16-8-14(9-23-10-16)19-12-27-20-17(21(22)26)5-2-6-18(20)29-19/h2,5-6,8-10,15,19H,3-4,7,11-12H2,1H3,(H2,22,26). The van der Waals surface area contributed by atoms with Crippen molar-refractivity contribution in [2.75, 3.05) is 19.7 Å². The molecule has 2 amide bonds. The van der Waals surface area contributed by atoms with Crippen LogP contribution in [0.25, 0.3) is 0 Å². The predicted molar refractivity (Wildman–Crippen MR) is 104 cm³/mol. The summed E-state index contributed by atoms with van der Waals surface area (Å²) in [7, 11) is 0. The number of amides is 2. The topological polar surface area (TPSA) is 104 Å². The van der Waals surface area contributed by atoms with Gasteiger partial charge < -0.3 is 24.8 Å². The number of fused-ring (bicyclic) bond motifs is 1. The second-order valence-electron chi connectivity index (χ2n) is 7.22. The average molecular weight is 397 g/mol. The van der Waals surface area contributed by atoms with Gasteiger partial charge in [0, 0.05) is 25.2 Å². The smallest absolute Gasteiger partial charge is 0.252 e. The Labute approximate surface area is 168 Å². The van der Waals surface area contributed by atoms with Crippen LogP contribution in [0.5, 0.6) is 17.2 Å². The number of nitrogens with zero attached hydrogens (tertiary/aromatic N) is 2. The molecule has 0 radical (unpaired) electrons. The highest BCUT2D eigenvalue weighted by Gasteiger charge is 2.27. The molecule has 1 aromatic heterocycles. The summed E-state index contributed by atoms with van der Waals surface area (Å²) < 4.78 is 17.9. The van der Waals surface area contributed by atoms with Gasteiger partial charge in [0.05, 0.1) is 18.3 Å². The largest absolute Gasteiger partial charge is 0.487 e. The SMILES string of the molecule is CC(=O)N1CCCC(Oc2cncc(C3COc4c(cccc4C(N)=O)O3)c2)C1. The van der Waals surface area contributed by atoms with Gasteiger partial charge in [-0.05, 0) is 31.0 Å². The predicted octanol–water partition coefficient (Wildman–Crippen LogP) is 2.08. The first-order valence-electron chi connectivity index (χ1n) is 9.60. The molecule has 1 saturated heterocycles. The van der Waals surface area contributed by atoms with Gasteiger partial charge in [-0.1, -0.05) is 6.07 Å². The molecule has 2 aliphatic heterocycles. The molecule has 1 fully saturated rings.